The molecule has 1 N–H and O–H groups in total. The lowest BCUT2D eigenvalue weighted by Crippen LogP contribution is -2.48. The molecule has 8 heteroatoms. The Morgan fingerprint density at radius 2 is 1.59 bits per heavy atom. The van der Waals surface area contributed by atoms with Crippen LogP contribution in [-0.4, -0.2) is 33.6 Å². The highest BCUT2D eigenvalue weighted by Gasteiger charge is 2.42. The summed E-state index contributed by atoms with van der Waals surface area (Å²) in [7, 11) is 0. The van der Waals surface area contributed by atoms with Crippen molar-refractivity contribution in [2.24, 2.45) is 0 Å². The van der Waals surface area contributed by atoms with Crippen LogP contribution in [0, 0.1) is 17.0 Å². The Hall–Kier alpha value is -4.33. The number of carbonyl (C=O) groups is 3. The summed E-state index contributed by atoms with van der Waals surface area (Å²) in [5.74, 6) is -1.70. The number of rotatable bonds is 6. The Morgan fingerprint density at radius 1 is 0.969 bits per heavy atom. The summed E-state index contributed by atoms with van der Waals surface area (Å²) < 4.78 is 0. The number of non-ortho nitro benzene ring substituents is 1. The summed E-state index contributed by atoms with van der Waals surface area (Å²) >= 11 is 0. The van der Waals surface area contributed by atoms with Gasteiger partial charge in [0.05, 0.1) is 16.1 Å². The number of amides is 3. The molecule has 3 amide bonds. The maximum atomic E-state index is 13.3. The van der Waals surface area contributed by atoms with Crippen LogP contribution in [0.1, 0.15) is 31.8 Å². The van der Waals surface area contributed by atoms with Gasteiger partial charge in [0.15, 0.2) is 0 Å². The number of hydrogen-bond acceptors (Lipinski definition) is 5. The molecule has 3 aromatic carbocycles. The lowest BCUT2D eigenvalue weighted by atomic mass is 10.0. The van der Waals surface area contributed by atoms with Crippen molar-refractivity contribution in [2.75, 3.05) is 5.32 Å². The number of fused-ring (bicyclic) bond motifs is 1. The van der Waals surface area contributed by atoms with Crippen molar-refractivity contribution >= 4 is 29.1 Å². The fourth-order valence-electron chi connectivity index (χ4n) is 3.66. The molecule has 3 aromatic rings. The van der Waals surface area contributed by atoms with Gasteiger partial charge in [-0.3, -0.25) is 29.4 Å². The average molecular weight is 429 g/mol. The van der Waals surface area contributed by atoms with E-state index in [2.05, 4.69) is 5.32 Å². The van der Waals surface area contributed by atoms with Gasteiger partial charge in [0.25, 0.3) is 17.5 Å². The molecule has 4 rings (SSSR count). The second-order valence-electron chi connectivity index (χ2n) is 7.53. The van der Waals surface area contributed by atoms with Gasteiger partial charge in [0.2, 0.25) is 5.91 Å². The van der Waals surface area contributed by atoms with Crippen molar-refractivity contribution in [1.29, 1.82) is 0 Å². The average Bonchev–Trinajstić information content (AvgIpc) is 3.04. The van der Waals surface area contributed by atoms with Crippen LogP contribution in [-0.2, 0) is 11.2 Å². The van der Waals surface area contributed by atoms with Gasteiger partial charge in [-0.2, -0.15) is 0 Å². The molecule has 32 heavy (non-hydrogen) atoms. The fraction of sp³-hybridized carbons (Fsp3) is 0.125. The Bertz CT molecular complexity index is 1200. The van der Waals surface area contributed by atoms with E-state index in [-0.39, 0.29) is 28.9 Å². The maximum Gasteiger partial charge on any atom is 0.271 e. The molecule has 8 nitrogen and oxygen atoms in total. The Kier molecular flexibility index (Phi) is 5.51. The maximum absolute atomic E-state index is 13.3. The number of aryl methyl sites for hydroxylation is 1. The lowest BCUT2D eigenvalue weighted by Gasteiger charge is -2.25. The van der Waals surface area contributed by atoms with Gasteiger partial charge in [-0.1, -0.05) is 48.0 Å². The summed E-state index contributed by atoms with van der Waals surface area (Å²) in [4.78, 5) is 50.8. The zero-order chi connectivity index (χ0) is 22.8. The first-order chi connectivity index (χ1) is 15.3. The quantitative estimate of drug-likeness (QED) is 0.365. The van der Waals surface area contributed by atoms with E-state index in [0.717, 1.165) is 16.0 Å². The molecule has 1 unspecified atom stereocenters. The molecule has 0 saturated heterocycles. The highest BCUT2D eigenvalue weighted by molar-refractivity contribution is 6.23. The van der Waals surface area contributed by atoms with Gasteiger partial charge in [-0.05, 0) is 30.7 Å². The number of nitrogens with zero attached hydrogens (tertiary/aromatic N) is 2. The molecule has 0 aromatic heterocycles. The van der Waals surface area contributed by atoms with Crippen molar-refractivity contribution in [2.45, 2.75) is 19.4 Å². The number of nitro benzene ring substituents is 1. The first-order valence-corrected chi connectivity index (χ1v) is 9.93. The van der Waals surface area contributed by atoms with Gasteiger partial charge in [-0.15, -0.1) is 0 Å². The van der Waals surface area contributed by atoms with E-state index in [9.17, 15) is 24.5 Å². The van der Waals surface area contributed by atoms with Crippen molar-refractivity contribution in [1.82, 2.24) is 4.90 Å². The van der Waals surface area contributed by atoms with Crippen LogP contribution in [0.25, 0.3) is 0 Å². The minimum Gasteiger partial charge on any atom is -0.324 e. The molecule has 1 atom stereocenters. The predicted octanol–water partition coefficient (Wildman–Crippen LogP) is 3.75. The minimum absolute atomic E-state index is 0.104. The van der Waals surface area contributed by atoms with Crippen molar-refractivity contribution < 1.29 is 19.3 Å². The second kappa shape index (κ2) is 8.43. The minimum atomic E-state index is -1.13. The van der Waals surface area contributed by atoms with Crippen LogP contribution in [0.4, 0.5) is 11.4 Å². The van der Waals surface area contributed by atoms with Crippen LogP contribution in [0.5, 0.6) is 0 Å². The summed E-state index contributed by atoms with van der Waals surface area (Å²) in [5, 5.41) is 13.7. The molecule has 0 bridgehead atoms. The van der Waals surface area contributed by atoms with Crippen LogP contribution in [0.15, 0.2) is 72.8 Å². The largest absolute Gasteiger partial charge is 0.324 e. The first kappa shape index (κ1) is 20.9. The number of anilines is 1. The van der Waals surface area contributed by atoms with E-state index in [1.165, 1.54) is 24.3 Å². The van der Waals surface area contributed by atoms with Crippen molar-refractivity contribution in [3.8, 4) is 0 Å². The lowest BCUT2D eigenvalue weighted by molar-refractivity contribution is -0.384. The zero-order valence-corrected chi connectivity index (χ0v) is 17.1. The van der Waals surface area contributed by atoms with E-state index in [1.54, 1.807) is 24.3 Å². The van der Waals surface area contributed by atoms with E-state index in [1.807, 2.05) is 31.2 Å². The van der Waals surface area contributed by atoms with E-state index >= 15 is 0 Å². The predicted molar refractivity (Wildman–Crippen MR) is 117 cm³/mol. The molecule has 0 radical (unpaired) electrons. The van der Waals surface area contributed by atoms with Crippen molar-refractivity contribution in [3.05, 3.63) is 105 Å². The molecule has 160 valence electrons. The van der Waals surface area contributed by atoms with Gasteiger partial charge in [-0.25, -0.2) is 0 Å². The monoisotopic (exact) mass is 429 g/mol. The molecule has 0 fully saturated rings. The van der Waals surface area contributed by atoms with Gasteiger partial charge < -0.3 is 5.32 Å². The number of carbonyl (C=O) groups excluding carboxylic acids is 3. The molecule has 0 spiro atoms. The summed E-state index contributed by atoms with van der Waals surface area (Å²) in [6.07, 6.45) is 0.104. The number of benzene rings is 3. The van der Waals surface area contributed by atoms with Crippen LogP contribution in [0.3, 0.4) is 0 Å². The van der Waals surface area contributed by atoms with Crippen LogP contribution in [0.2, 0.25) is 0 Å². The Balaban J connectivity index is 1.68. The van der Waals surface area contributed by atoms with E-state index in [4.69, 9.17) is 0 Å². The second-order valence-corrected chi connectivity index (χ2v) is 7.53. The Labute approximate surface area is 183 Å². The standard InChI is InChI=1S/C24H19N3O5/c1-15-9-11-16(12-10-15)13-21(22(28)25-17-5-4-6-18(14-17)27(31)32)26-23(29)19-7-2-3-8-20(19)24(26)30/h2-12,14,21H,13H2,1H3,(H,25,28). The molecule has 1 aliphatic heterocycles. The third-order valence-corrected chi connectivity index (χ3v) is 5.31. The SMILES string of the molecule is Cc1ccc(CC(C(=O)Nc2cccc([N+](=O)[O-])c2)N2C(=O)c3ccccc3C2=O)cc1. The van der Waals surface area contributed by atoms with Gasteiger partial charge in [0, 0.05) is 24.2 Å². The summed E-state index contributed by atoms with van der Waals surface area (Å²) in [5.41, 5.74) is 2.32. The summed E-state index contributed by atoms with van der Waals surface area (Å²) in [6, 6.07) is 18.2. The normalized spacial score (nSPS) is 13.6. The van der Waals surface area contributed by atoms with Crippen LogP contribution < -0.4 is 5.32 Å². The molecular formula is C24H19N3O5. The third kappa shape index (κ3) is 3.98. The number of imide groups is 1. The van der Waals surface area contributed by atoms with E-state index in [0.29, 0.717) is 0 Å². The number of nitro groups is 1. The fourth-order valence-corrected chi connectivity index (χ4v) is 3.66. The topological polar surface area (TPSA) is 110 Å². The highest BCUT2D eigenvalue weighted by atomic mass is 16.6. The number of nitrogens with one attached hydrogen (secondary N) is 1. The van der Waals surface area contributed by atoms with Crippen molar-refractivity contribution in [3.63, 3.8) is 0 Å². The van der Waals surface area contributed by atoms with Crippen LogP contribution >= 0.6 is 0 Å². The molecule has 0 saturated carbocycles. The zero-order valence-electron chi connectivity index (χ0n) is 17.1. The highest BCUT2D eigenvalue weighted by Crippen LogP contribution is 2.27. The molecule has 1 aliphatic rings. The van der Waals surface area contributed by atoms with Gasteiger partial charge >= 0.3 is 0 Å². The first-order valence-electron chi connectivity index (χ1n) is 9.93. The third-order valence-electron chi connectivity index (χ3n) is 5.31. The smallest absolute Gasteiger partial charge is 0.271 e. The molecule has 1 heterocycles. The van der Waals surface area contributed by atoms with Gasteiger partial charge in [0.1, 0.15) is 6.04 Å². The number of hydrogen-bond donors (Lipinski definition) is 1. The Morgan fingerprint density at radius 3 is 2.19 bits per heavy atom. The van der Waals surface area contributed by atoms with E-state index < -0.39 is 28.7 Å². The summed E-state index contributed by atoms with van der Waals surface area (Å²) in [6.45, 7) is 1.93. The molecular weight excluding hydrogens is 410 g/mol. The molecule has 0 aliphatic carbocycles.